The zero-order valence-corrected chi connectivity index (χ0v) is 11.4. The van der Waals surface area contributed by atoms with Crippen molar-refractivity contribution in [2.45, 2.75) is 32.9 Å². The summed E-state index contributed by atoms with van der Waals surface area (Å²) in [6, 6.07) is 6.84. The normalized spacial score (nSPS) is 12.9. The highest BCUT2D eigenvalue weighted by Crippen LogP contribution is 2.18. The van der Waals surface area contributed by atoms with Crippen LogP contribution in [-0.4, -0.2) is 9.78 Å². The smallest absolute Gasteiger partial charge is 0.0625 e. The van der Waals surface area contributed by atoms with Crippen LogP contribution < -0.4 is 5.32 Å². The number of hydrogen-bond acceptors (Lipinski definition) is 3. The van der Waals surface area contributed by atoms with Crippen LogP contribution in [0.4, 0.5) is 0 Å². The average molecular weight is 249 g/mol. The Morgan fingerprint density at radius 1 is 1.53 bits per heavy atom. The zero-order chi connectivity index (χ0) is 12.3. The first kappa shape index (κ1) is 12.3. The predicted molar refractivity (Wildman–Crippen MR) is 72.2 cm³/mol. The Labute approximate surface area is 106 Å². The molecule has 3 nitrogen and oxygen atoms in total. The second-order valence-corrected chi connectivity index (χ2v) is 5.20. The number of nitrogens with zero attached hydrogens (tertiary/aromatic N) is 2. The van der Waals surface area contributed by atoms with Gasteiger partial charge in [-0.25, -0.2) is 0 Å². The molecule has 0 bridgehead atoms. The van der Waals surface area contributed by atoms with Gasteiger partial charge in [0, 0.05) is 24.5 Å². The van der Waals surface area contributed by atoms with Crippen molar-refractivity contribution in [2.24, 2.45) is 7.05 Å². The van der Waals surface area contributed by atoms with Crippen molar-refractivity contribution in [3.05, 3.63) is 39.8 Å². The molecule has 1 N–H and O–H groups in total. The lowest BCUT2D eigenvalue weighted by Crippen LogP contribution is -2.18. The number of hydrogen-bond donors (Lipinski definition) is 1. The van der Waals surface area contributed by atoms with Crippen molar-refractivity contribution in [2.75, 3.05) is 0 Å². The van der Waals surface area contributed by atoms with E-state index >= 15 is 0 Å². The molecule has 92 valence electrons. The molecule has 4 heteroatoms. The van der Waals surface area contributed by atoms with E-state index in [1.165, 1.54) is 10.6 Å². The number of aromatic nitrogens is 2. The third-order valence-electron chi connectivity index (χ3n) is 2.95. The summed E-state index contributed by atoms with van der Waals surface area (Å²) >= 11 is 1.80. The largest absolute Gasteiger partial charge is 0.304 e. The van der Waals surface area contributed by atoms with Crippen LogP contribution in [0.15, 0.2) is 23.6 Å². The molecule has 2 rings (SSSR count). The van der Waals surface area contributed by atoms with E-state index in [-0.39, 0.29) is 0 Å². The summed E-state index contributed by atoms with van der Waals surface area (Å²) in [6.07, 6.45) is 0.994. The topological polar surface area (TPSA) is 29.9 Å². The second kappa shape index (κ2) is 5.47. The maximum Gasteiger partial charge on any atom is 0.0625 e. The van der Waals surface area contributed by atoms with E-state index in [2.05, 4.69) is 47.8 Å². The van der Waals surface area contributed by atoms with E-state index in [0.29, 0.717) is 6.04 Å². The Bertz CT molecular complexity index is 459. The van der Waals surface area contributed by atoms with E-state index < -0.39 is 0 Å². The Morgan fingerprint density at radius 3 is 2.94 bits per heavy atom. The predicted octanol–water partition coefficient (Wildman–Crippen LogP) is 2.89. The highest BCUT2D eigenvalue weighted by molar-refractivity contribution is 7.10. The maximum atomic E-state index is 4.45. The standard InChI is InChI=1S/C13H19N3S/c1-4-11-8-12(16(3)15-11)9-14-10(2)13-6-5-7-17-13/h5-8,10,14H,4,9H2,1-3H3/t10-/m1/s1. The minimum atomic E-state index is 0.398. The lowest BCUT2D eigenvalue weighted by molar-refractivity contribution is 0.554. The molecule has 0 aromatic carbocycles. The van der Waals surface area contributed by atoms with Gasteiger partial charge in [0.25, 0.3) is 0 Å². The van der Waals surface area contributed by atoms with Crippen molar-refractivity contribution in [1.29, 1.82) is 0 Å². The molecule has 2 aromatic heterocycles. The summed E-state index contributed by atoms with van der Waals surface area (Å²) in [5.41, 5.74) is 2.40. The van der Waals surface area contributed by atoms with Gasteiger partial charge in [-0.1, -0.05) is 13.0 Å². The van der Waals surface area contributed by atoms with Gasteiger partial charge in [0.1, 0.15) is 0 Å². The van der Waals surface area contributed by atoms with E-state index in [4.69, 9.17) is 0 Å². The summed E-state index contributed by atoms with van der Waals surface area (Å²) in [5, 5.41) is 10.1. The molecular weight excluding hydrogens is 230 g/mol. The summed E-state index contributed by atoms with van der Waals surface area (Å²) in [5.74, 6) is 0. The second-order valence-electron chi connectivity index (χ2n) is 4.22. The third-order valence-corrected chi connectivity index (χ3v) is 4.00. The van der Waals surface area contributed by atoms with Gasteiger partial charge in [0.15, 0.2) is 0 Å². The Kier molecular flexibility index (Phi) is 3.97. The molecule has 0 saturated heterocycles. The SMILES string of the molecule is CCc1cc(CN[C@H](C)c2cccs2)n(C)n1. The van der Waals surface area contributed by atoms with Gasteiger partial charge in [-0.2, -0.15) is 5.10 Å². The summed E-state index contributed by atoms with van der Waals surface area (Å²) in [6.45, 7) is 5.19. The molecule has 0 amide bonds. The minimum Gasteiger partial charge on any atom is -0.304 e. The van der Waals surface area contributed by atoms with Crippen LogP contribution in [0, 0.1) is 0 Å². The van der Waals surface area contributed by atoms with Gasteiger partial charge in [-0.3, -0.25) is 4.68 Å². The molecule has 0 fully saturated rings. The first-order valence-electron chi connectivity index (χ1n) is 5.99. The fourth-order valence-corrected chi connectivity index (χ4v) is 2.56. The van der Waals surface area contributed by atoms with Crippen LogP contribution in [0.3, 0.4) is 0 Å². The van der Waals surface area contributed by atoms with Crippen molar-refractivity contribution in [3.63, 3.8) is 0 Å². The van der Waals surface area contributed by atoms with Gasteiger partial charge < -0.3 is 5.32 Å². The van der Waals surface area contributed by atoms with Gasteiger partial charge in [0.2, 0.25) is 0 Å². The molecule has 2 aromatic rings. The molecular formula is C13H19N3S. The minimum absolute atomic E-state index is 0.398. The number of aryl methyl sites for hydroxylation is 2. The van der Waals surface area contributed by atoms with Crippen LogP contribution in [0.1, 0.15) is 36.2 Å². The van der Waals surface area contributed by atoms with Gasteiger partial charge >= 0.3 is 0 Å². The monoisotopic (exact) mass is 249 g/mol. The third kappa shape index (κ3) is 2.96. The molecule has 17 heavy (non-hydrogen) atoms. The molecule has 2 heterocycles. The lowest BCUT2D eigenvalue weighted by Gasteiger charge is -2.11. The fourth-order valence-electron chi connectivity index (χ4n) is 1.81. The van der Waals surface area contributed by atoms with Gasteiger partial charge in [-0.05, 0) is 30.9 Å². The van der Waals surface area contributed by atoms with Crippen LogP contribution in [0.25, 0.3) is 0 Å². The van der Waals surface area contributed by atoms with E-state index in [0.717, 1.165) is 18.7 Å². The van der Waals surface area contributed by atoms with Gasteiger partial charge in [-0.15, -0.1) is 11.3 Å². The van der Waals surface area contributed by atoms with E-state index in [9.17, 15) is 0 Å². The fraction of sp³-hybridized carbons (Fsp3) is 0.462. The van der Waals surface area contributed by atoms with E-state index in [1.54, 1.807) is 11.3 Å². The molecule has 0 aliphatic rings. The zero-order valence-electron chi connectivity index (χ0n) is 10.6. The van der Waals surface area contributed by atoms with Crippen molar-refractivity contribution >= 4 is 11.3 Å². The van der Waals surface area contributed by atoms with Crippen molar-refractivity contribution in [1.82, 2.24) is 15.1 Å². The van der Waals surface area contributed by atoms with Crippen LogP contribution >= 0.6 is 11.3 Å². The van der Waals surface area contributed by atoms with Crippen molar-refractivity contribution in [3.8, 4) is 0 Å². The highest BCUT2D eigenvalue weighted by atomic mass is 32.1. The summed E-state index contributed by atoms with van der Waals surface area (Å²) < 4.78 is 1.97. The first-order chi connectivity index (χ1) is 8.20. The molecule has 0 radical (unpaired) electrons. The Morgan fingerprint density at radius 2 is 2.35 bits per heavy atom. The first-order valence-corrected chi connectivity index (χ1v) is 6.87. The number of nitrogens with one attached hydrogen (secondary N) is 1. The summed E-state index contributed by atoms with van der Waals surface area (Å²) in [4.78, 5) is 1.38. The molecule has 0 aliphatic heterocycles. The van der Waals surface area contributed by atoms with Gasteiger partial charge in [0.05, 0.1) is 11.4 Å². The molecule has 0 aliphatic carbocycles. The molecule has 0 spiro atoms. The van der Waals surface area contributed by atoms with Crippen LogP contribution in [0.5, 0.6) is 0 Å². The number of rotatable bonds is 5. The average Bonchev–Trinajstić information content (AvgIpc) is 2.95. The summed E-state index contributed by atoms with van der Waals surface area (Å²) in [7, 11) is 2.01. The highest BCUT2D eigenvalue weighted by Gasteiger charge is 2.08. The van der Waals surface area contributed by atoms with Crippen molar-refractivity contribution < 1.29 is 0 Å². The number of thiophene rings is 1. The van der Waals surface area contributed by atoms with Crippen LogP contribution in [-0.2, 0) is 20.0 Å². The Hall–Kier alpha value is -1.13. The quantitative estimate of drug-likeness (QED) is 0.883. The molecule has 0 saturated carbocycles. The van der Waals surface area contributed by atoms with Crippen LogP contribution in [0.2, 0.25) is 0 Å². The lowest BCUT2D eigenvalue weighted by atomic mass is 10.2. The maximum absolute atomic E-state index is 4.45. The molecule has 0 unspecified atom stereocenters. The van der Waals surface area contributed by atoms with E-state index in [1.807, 2.05) is 11.7 Å². The Balaban J connectivity index is 1.95. The molecule has 1 atom stereocenters.